The molecular formula is C26H27N2O3+. The number of aromatic nitrogens is 1. The molecule has 2 heterocycles. The summed E-state index contributed by atoms with van der Waals surface area (Å²) >= 11 is 0. The first-order valence-corrected chi connectivity index (χ1v) is 10.5. The van der Waals surface area contributed by atoms with Crippen LogP contribution in [0.1, 0.15) is 25.1 Å². The Bertz CT molecular complexity index is 1330. The molecule has 0 radical (unpaired) electrons. The van der Waals surface area contributed by atoms with Crippen LogP contribution in [0.25, 0.3) is 34.0 Å². The summed E-state index contributed by atoms with van der Waals surface area (Å²) in [5.41, 5.74) is 3.92. The summed E-state index contributed by atoms with van der Waals surface area (Å²) in [5.74, 6) is 0.828. The van der Waals surface area contributed by atoms with Crippen LogP contribution in [0.5, 0.6) is 5.75 Å². The third-order valence-corrected chi connectivity index (χ3v) is 5.73. The molecule has 0 aliphatic heterocycles. The number of nitrogens with zero attached hydrogens (tertiary/aromatic N) is 2. The van der Waals surface area contributed by atoms with Crippen LogP contribution in [-0.2, 0) is 7.05 Å². The lowest BCUT2D eigenvalue weighted by Gasteiger charge is -2.20. The molecule has 0 saturated heterocycles. The van der Waals surface area contributed by atoms with Gasteiger partial charge in [-0.3, -0.25) is 0 Å². The van der Waals surface area contributed by atoms with Gasteiger partial charge in [0.05, 0.1) is 18.1 Å². The van der Waals surface area contributed by atoms with Gasteiger partial charge in [0, 0.05) is 48.4 Å². The smallest absolute Gasteiger partial charge is 0.343 e. The minimum Gasteiger partial charge on any atom is -0.497 e. The Morgan fingerprint density at radius 3 is 2.48 bits per heavy atom. The highest BCUT2D eigenvalue weighted by atomic mass is 16.5. The Morgan fingerprint density at radius 2 is 1.74 bits per heavy atom. The first kappa shape index (κ1) is 20.7. The number of aryl methyl sites for hydroxylation is 1. The molecule has 0 saturated carbocycles. The molecule has 0 aliphatic carbocycles. The molecule has 0 fully saturated rings. The van der Waals surface area contributed by atoms with Gasteiger partial charge in [0.15, 0.2) is 0 Å². The zero-order chi connectivity index (χ0) is 22.0. The molecule has 0 aliphatic rings. The Morgan fingerprint density at radius 1 is 0.968 bits per heavy atom. The van der Waals surface area contributed by atoms with Crippen LogP contribution in [0.2, 0.25) is 0 Å². The number of anilines is 1. The van der Waals surface area contributed by atoms with E-state index in [0.29, 0.717) is 11.1 Å². The van der Waals surface area contributed by atoms with E-state index in [1.54, 1.807) is 7.11 Å². The Kier molecular flexibility index (Phi) is 5.76. The largest absolute Gasteiger partial charge is 0.497 e. The van der Waals surface area contributed by atoms with Crippen LogP contribution in [0, 0.1) is 0 Å². The van der Waals surface area contributed by atoms with Crippen LogP contribution < -0.4 is 19.8 Å². The predicted molar refractivity (Wildman–Crippen MR) is 127 cm³/mol. The lowest BCUT2D eigenvalue weighted by molar-refractivity contribution is -0.646. The SMILES string of the molecule is CCN(CC)c1ccc2cc(/C=C/c3ccc4cc(OC)ccc4[n+]3C)c(=O)oc2c1. The maximum absolute atomic E-state index is 12.6. The van der Waals surface area contributed by atoms with E-state index in [2.05, 4.69) is 35.4 Å². The summed E-state index contributed by atoms with van der Waals surface area (Å²) in [5, 5.41) is 2.00. The lowest BCUT2D eigenvalue weighted by atomic mass is 10.1. The van der Waals surface area contributed by atoms with Gasteiger partial charge in [0.25, 0.3) is 0 Å². The van der Waals surface area contributed by atoms with Gasteiger partial charge in [-0.25, -0.2) is 4.79 Å². The van der Waals surface area contributed by atoms with Gasteiger partial charge in [-0.2, -0.15) is 4.57 Å². The molecule has 4 aromatic rings. The van der Waals surface area contributed by atoms with Crippen molar-refractivity contribution in [2.45, 2.75) is 13.8 Å². The molecule has 5 heteroatoms. The summed E-state index contributed by atoms with van der Waals surface area (Å²) in [6.07, 6.45) is 3.75. The fourth-order valence-electron chi connectivity index (χ4n) is 3.88. The summed E-state index contributed by atoms with van der Waals surface area (Å²) in [7, 11) is 3.67. The van der Waals surface area contributed by atoms with E-state index < -0.39 is 0 Å². The van der Waals surface area contributed by atoms with Gasteiger partial charge in [-0.05, 0) is 56.3 Å². The highest BCUT2D eigenvalue weighted by Crippen LogP contribution is 2.23. The molecule has 0 N–H and O–H groups in total. The fourth-order valence-corrected chi connectivity index (χ4v) is 3.88. The third kappa shape index (κ3) is 4.04. The molecule has 0 unspecified atom stereocenters. The van der Waals surface area contributed by atoms with Crippen LogP contribution in [0.4, 0.5) is 5.69 Å². The maximum Gasteiger partial charge on any atom is 0.343 e. The number of hydrogen-bond acceptors (Lipinski definition) is 4. The second kappa shape index (κ2) is 8.64. The Balaban J connectivity index is 1.69. The third-order valence-electron chi connectivity index (χ3n) is 5.73. The number of methoxy groups -OCH3 is 1. The normalized spacial score (nSPS) is 11.5. The van der Waals surface area contributed by atoms with Crippen LogP contribution in [0.3, 0.4) is 0 Å². The molecule has 2 aromatic carbocycles. The van der Waals surface area contributed by atoms with Crippen molar-refractivity contribution >= 4 is 39.7 Å². The molecule has 0 bridgehead atoms. The topological polar surface area (TPSA) is 46.6 Å². The fraction of sp³-hybridized carbons (Fsp3) is 0.231. The minimum atomic E-state index is -0.339. The second-order valence-corrected chi connectivity index (χ2v) is 7.46. The van der Waals surface area contributed by atoms with Gasteiger partial charge in [0.2, 0.25) is 11.2 Å². The van der Waals surface area contributed by atoms with Crippen molar-refractivity contribution in [2.24, 2.45) is 7.05 Å². The zero-order valence-electron chi connectivity index (χ0n) is 18.4. The van der Waals surface area contributed by atoms with Gasteiger partial charge < -0.3 is 14.1 Å². The van der Waals surface area contributed by atoms with Crippen molar-refractivity contribution < 1.29 is 13.7 Å². The molecular weight excluding hydrogens is 388 g/mol. The number of fused-ring (bicyclic) bond motifs is 2. The summed E-state index contributed by atoms with van der Waals surface area (Å²) in [6.45, 7) is 6.04. The predicted octanol–water partition coefficient (Wildman–Crippen LogP) is 4.80. The molecule has 4 rings (SSSR count). The molecule has 0 amide bonds. The molecule has 5 nitrogen and oxygen atoms in total. The van der Waals surface area contributed by atoms with Gasteiger partial charge in [0.1, 0.15) is 18.4 Å². The van der Waals surface area contributed by atoms with Crippen molar-refractivity contribution in [3.63, 3.8) is 0 Å². The average molecular weight is 416 g/mol. The molecule has 0 spiro atoms. The highest BCUT2D eigenvalue weighted by Gasteiger charge is 2.11. The van der Waals surface area contributed by atoms with E-state index in [1.165, 1.54) is 0 Å². The van der Waals surface area contributed by atoms with Crippen molar-refractivity contribution in [1.82, 2.24) is 0 Å². The zero-order valence-corrected chi connectivity index (χ0v) is 18.4. The van der Waals surface area contributed by atoms with E-state index in [-0.39, 0.29) is 5.63 Å². The molecule has 2 aromatic heterocycles. The number of pyridine rings is 1. The van der Waals surface area contributed by atoms with Crippen LogP contribution >= 0.6 is 0 Å². The van der Waals surface area contributed by atoms with Gasteiger partial charge >= 0.3 is 5.63 Å². The maximum atomic E-state index is 12.6. The average Bonchev–Trinajstić information content (AvgIpc) is 2.79. The van der Waals surface area contributed by atoms with Crippen molar-refractivity contribution in [1.29, 1.82) is 0 Å². The minimum absolute atomic E-state index is 0.339. The summed E-state index contributed by atoms with van der Waals surface area (Å²) < 4.78 is 13.0. The van der Waals surface area contributed by atoms with E-state index in [4.69, 9.17) is 9.15 Å². The summed E-state index contributed by atoms with van der Waals surface area (Å²) in [4.78, 5) is 14.8. The number of benzene rings is 2. The quantitative estimate of drug-likeness (QED) is 0.335. The van der Waals surface area contributed by atoms with Crippen molar-refractivity contribution in [2.75, 3.05) is 25.1 Å². The van der Waals surface area contributed by atoms with E-state index in [9.17, 15) is 4.79 Å². The first-order valence-electron chi connectivity index (χ1n) is 10.5. The lowest BCUT2D eigenvalue weighted by Crippen LogP contribution is -2.32. The van der Waals surface area contributed by atoms with Crippen LogP contribution in [-0.4, -0.2) is 20.2 Å². The van der Waals surface area contributed by atoms with Crippen LogP contribution in [0.15, 0.2) is 63.8 Å². The first-order chi connectivity index (χ1) is 15.0. The molecule has 158 valence electrons. The number of rotatable bonds is 6. The van der Waals surface area contributed by atoms with Gasteiger partial charge in [-0.1, -0.05) is 0 Å². The Labute approximate surface area is 181 Å². The monoisotopic (exact) mass is 415 g/mol. The van der Waals surface area contributed by atoms with E-state index in [1.807, 2.05) is 61.7 Å². The Hall–Kier alpha value is -3.60. The standard InChI is InChI=1S/C26H27N2O3/c1-5-28(6-2)22-12-8-19-15-20(26(29)31-25(19)17-22)9-11-21-10-7-18-16-23(30-4)13-14-24(18)27(21)3/h7-17H,5-6H2,1-4H3/q+1. The summed E-state index contributed by atoms with van der Waals surface area (Å²) in [6, 6.07) is 18.0. The van der Waals surface area contributed by atoms with Gasteiger partial charge in [-0.15, -0.1) is 0 Å². The van der Waals surface area contributed by atoms with Crippen molar-refractivity contribution in [3.8, 4) is 5.75 Å². The number of ether oxygens (including phenoxy) is 1. The van der Waals surface area contributed by atoms with Crippen molar-refractivity contribution in [3.05, 3.63) is 76.3 Å². The van der Waals surface area contributed by atoms with E-state index in [0.717, 1.165) is 46.5 Å². The van der Waals surface area contributed by atoms with E-state index >= 15 is 0 Å². The molecule has 31 heavy (non-hydrogen) atoms. The second-order valence-electron chi connectivity index (χ2n) is 7.46. The number of hydrogen-bond donors (Lipinski definition) is 0. The highest BCUT2D eigenvalue weighted by molar-refractivity contribution is 5.84. The molecule has 0 atom stereocenters.